The number of rotatable bonds is 3. The monoisotopic (exact) mass is 446 g/mol. The van der Waals surface area contributed by atoms with Gasteiger partial charge in [0.05, 0.1) is 17.7 Å². The van der Waals surface area contributed by atoms with E-state index in [0.717, 1.165) is 31.6 Å². The molecular weight excluding hydrogens is 412 g/mol. The number of pyridine rings is 1. The molecule has 3 aliphatic heterocycles. The largest absolute Gasteiger partial charge is 0.413 e. The number of hydrogen-bond donors (Lipinski definition) is 0. The average molecular weight is 447 g/mol. The standard InChI is InChI=1S/C27H34N2O2Si/c1-26(2,3)32(4,5)31-15-12-18-17-28-14-13-27-21-8-6-7-9-22(21)29-24(30)11-10-19(25(27)29)20(18)16-23(27)28/h6-12,20,23H,13-17H2,1-5H3/b18-12+/t20-,23-,27-/m0/s1. The van der Waals surface area contributed by atoms with Crippen molar-refractivity contribution < 1.29 is 4.43 Å². The van der Waals surface area contributed by atoms with E-state index in [1.54, 1.807) is 6.07 Å². The van der Waals surface area contributed by atoms with Crippen molar-refractivity contribution in [1.82, 2.24) is 9.47 Å². The van der Waals surface area contributed by atoms with Gasteiger partial charge in [-0.3, -0.25) is 14.3 Å². The van der Waals surface area contributed by atoms with Gasteiger partial charge in [0.25, 0.3) is 5.56 Å². The Balaban J connectivity index is 1.45. The van der Waals surface area contributed by atoms with Crippen molar-refractivity contribution in [2.45, 2.75) is 69.1 Å². The molecule has 4 nitrogen and oxygen atoms in total. The molecule has 0 radical (unpaired) electrons. The summed E-state index contributed by atoms with van der Waals surface area (Å²) in [6.45, 7) is 14.4. The molecule has 6 rings (SSSR count). The van der Waals surface area contributed by atoms with Crippen LogP contribution in [-0.2, 0) is 9.84 Å². The summed E-state index contributed by atoms with van der Waals surface area (Å²) >= 11 is 0. The van der Waals surface area contributed by atoms with Crippen molar-refractivity contribution >= 4 is 8.32 Å². The Labute approximate surface area is 192 Å². The molecule has 3 atom stereocenters. The Hall–Kier alpha value is -1.95. The fourth-order valence-corrected chi connectivity index (χ4v) is 7.55. The van der Waals surface area contributed by atoms with Gasteiger partial charge >= 0.3 is 0 Å². The number of benzene rings is 1. The molecule has 5 heteroatoms. The summed E-state index contributed by atoms with van der Waals surface area (Å²) in [6.07, 6.45) is 4.62. The van der Waals surface area contributed by atoms with Gasteiger partial charge in [0.2, 0.25) is 0 Å². The van der Waals surface area contributed by atoms with Crippen LogP contribution in [0, 0.1) is 0 Å². The third-order valence-corrected chi connectivity index (χ3v) is 13.7. The van der Waals surface area contributed by atoms with Gasteiger partial charge in [-0.1, -0.05) is 56.7 Å². The summed E-state index contributed by atoms with van der Waals surface area (Å²) < 4.78 is 8.56. The van der Waals surface area contributed by atoms with Gasteiger partial charge in [-0.25, -0.2) is 0 Å². The molecule has 0 saturated carbocycles. The molecule has 2 aromatic rings. The Morgan fingerprint density at radius 2 is 1.97 bits per heavy atom. The lowest BCUT2D eigenvalue weighted by Gasteiger charge is -2.48. The van der Waals surface area contributed by atoms with E-state index in [9.17, 15) is 4.79 Å². The lowest BCUT2D eigenvalue weighted by atomic mass is 9.61. The Morgan fingerprint density at radius 1 is 1.19 bits per heavy atom. The fraction of sp³-hybridized carbons (Fsp3) is 0.519. The zero-order valence-electron chi connectivity index (χ0n) is 19.9. The number of piperidine rings is 1. The molecule has 32 heavy (non-hydrogen) atoms. The van der Waals surface area contributed by atoms with Crippen molar-refractivity contribution in [3.8, 4) is 5.69 Å². The van der Waals surface area contributed by atoms with E-state index in [-0.39, 0.29) is 16.0 Å². The van der Waals surface area contributed by atoms with E-state index < -0.39 is 8.32 Å². The third-order valence-electron chi connectivity index (χ3n) is 9.24. The highest BCUT2D eigenvalue weighted by Gasteiger charge is 2.61. The van der Waals surface area contributed by atoms with Crippen LogP contribution < -0.4 is 5.56 Å². The van der Waals surface area contributed by atoms with E-state index in [2.05, 4.69) is 75.2 Å². The maximum atomic E-state index is 13.1. The fourth-order valence-electron chi connectivity index (χ4n) is 6.62. The van der Waals surface area contributed by atoms with Crippen LogP contribution in [0.4, 0.5) is 0 Å². The SMILES string of the molecule is CC(C)(C)[Si](C)(C)OC/C=C1\CN2CC[C@@]34c5ccccc5-n5c3c(ccc5=O)[C@H]1C[C@H]24. The molecule has 0 amide bonds. The Kier molecular flexibility index (Phi) is 4.23. The van der Waals surface area contributed by atoms with Crippen LogP contribution in [0.5, 0.6) is 0 Å². The lowest BCUT2D eigenvalue weighted by molar-refractivity contribution is 0.173. The highest BCUT2D eigenvalue weighted by molar-refractivity contribution is 6.74. The van der Waals surface area contributed by atoms with Gasteiger partial charge in [-0.05, 0) is 48.2 Å². The van der Waals surface area contributed by atoms with E-state index in [4.69, 9.17) is 4.43 Å². The van der Waals surface area contributed by atoms with Gasteiger partial charge < -0.3 is 4.43 Å². The molecule has 2 saturated heterocycles. The maximum absolute atomic E-state index is 13.1. The van der Waals surface area contributed by atoms with Gasteiger partial charge in [-0.15, -0.1) is 0 Å². The van der Waals surface area contributed by atoms with E-state index >= 15 is 0 Å². The van der Waals surface area contributed by atoms with Gasteiger partial charge in [0.15, 0.2) is 8.32 Å². The Bertz CT molecular complexity index is 1200. The first-order chi connectivity index (χ1) is 15.1. The summed E-state index contributed by atoms with van der Waals surface area (Å²) in [5, 5.41) is 0.218. The molecule has 0 unspecified atom stereocenters. The van der Waals surface area contributed by atoms with Crippen molar-refractivity contribution in [3.05, 3.63) is 75.2 Å². The second-order valence-corrected chi connectivity index (χ2v) is 16.5. The highest BCUT2D eigenvalue weighted by atomic mass is 28.4. The molecule has 2 fully saturated rings. The second-order valence-electron chi connectivity index (χ2n) is 11.7. The second kappa shape index (κ2) is 6.55. The van der Waals surface area contributed by atoms with Crippen LogP contribution in [0.25, 0.3) is 5.69 Å². The zero-order chi connectivity index (χ0) is 22.5. The van der Waals surface area contributed by atoms with E-state index in [1.807, 2.05) is 4.57 Å². The first-order valence-electron chi connectivity index (χ1n) is 12.1. The molecule has 4 heterocycles. The molecule has 1 spiro atoms. The minimum absolute atomic E-state index is 0.0218. The van der Waals surface area contributed by atoms with Gasteiger partial charge in [-0.2, -0.15) is 0 Å². The highest BCUT2D eigenvalue weighted by Crippen LogP contribution is 2.61. The van der Waals surface area contributed by atoms with Crippen LogP contribution in [0.2, 0.25) is 18.1 Å². The minimum Gasteiger partial charge on any atom is -0.413 e. The first kappa shape index (κ1) is 20.6. The molecule has 1 aromatic carbocycles. The van der Waals surface area contributed by atoms with E-state index in [0.29, 0.717) is 18.6 Å². The molecule has 1 aromatic heterocycles. The van der Waals surface area contributed by atoms with Crippen LogP contribution in [-0.4, -0.2) is 43.5 Å². The normalized spacial score (nSPS) is 29.3. The molecular formula is C27H34N2O2Si. The van der Waals surface area contributed by atoms with E-state index in [1.165, 1.54) is 22.4 Å². The maximum Gasteiger partial charge on any atom is 0.255 e. The summed E-state index contributed by atoms with van der Waals surface area (Å²) in [4.78, 5) is 15.8. The summed E-state index contributed by atoms with van der Waals surface area (Å²) in [6, 6.07) is 13.0. The van der Waals surface area contributed by atoms with Gasteiger partial charge in [0.1, 0.15) is 0 Å². The average Bonchev–Trinajstić information content (AvgIpc) is 3.28. The number of nitrogens with zero attached hydrogens (tertiary/aromatic N) is 2. The summed E-state index contributed by atoms with van der Waals surface area (Å²) in [5.74, 6) is 0.390. The van der Waals surface area contributed by atoms with Crippen molar-refractivity contribution in [2.24, 2.45) is 0 Å². The summed E-state index contributed by atoms with van der Waals surface area (Å²) in [7, 11) is -1.78. The van der Waals surface area contributed by atoms with Crippen LogP contribution in [0.3, 0.4) is 0 Å². The zero-order valence-corrected chi connectivity index (χ0v) is 20.9. The predicted octanol–water partition coefficient (Wildman–Crippen LogP) is 4.96. The third kappa shape index (κ3) is 2.53. The van der Waals surface area contributed by atoms with Crippen molar-refractivity contribution in [2.75, 3.05) is 19.7 Å². The molecule has 0 N–H and O–H groups in total. The van der Waals surface area contributed by atoms with Crippen molar-refractivity contribution in [1.29, 1.82) is 0 Å². The van der Waals surface area contributed by atoms with Gasteiger partial charge in [0, 0.05) is 36.8 Å². The summed E-state index contributed by atoms with van der Waals surface area (Å²) in [5.41, 5.74) is 6.69. The van der Waals surface area contributed by atoms with Crippen LogP contribution in [0.15, 0.2) is 52.8 Å². The Morgan fingerprint density at radius 3 is 2.75 bits per heavy atom. The first-order valence-corrected chi connectivity index (χ1v) is 15.0. The van der Waals surface area contributed by atoms with Crippen LogP contribution >= 0.6 is 0 Å². The van der Waals surface area contributed by atoms with Crippen LogP contribution in [0.1, 0.15) is 56.4 Å². The number of aromatic nitrogens is 1. The minimum atomic E-state index is -1.78. The number of para-hydroxylation sites is 1. The topological polar surface area (TPSA) is 34.5 Å². The number of fused-ring (bicyclic) bond motifs is 4. The number of hydrogen-bond acceptors (Lipinski definition) is 3. The lowest BCUT2D eigenvalue weighted by Crippen LogP contribution is -2.52. The predicted molar refractivity (Wildman–Crippen MR) is 131 cm³/mol. The molecule has 4 aliphatic rings. The molecule has 1 aliphatic carbocycles. The molecule has 2 bridgehead atoms. The smallest absolute Gasteiger partial charge is 0.255 e. The van der Waals surface area contributed by atoms with Crippen molar-refractivity contribution in [3.63, 3.8) is 0 Å². The quantitative estimate of drug-likeness (QED) is 0.494. The molecule has 168 valence electrons.